The SMILES string of the molecule is CCCOc1cc(N)c(C(=O)c2ccccc2)cc1OCCC. The Morgan fingerprint density at radius 1 is 0.957 bits per heavy atom. The fraction of sp³-hybridized carbons (Fsp3) is 0.316. The van der Waals surface area contributed by atoms with Gasteiger partial charge in [-0.3, -0.25) is 4.79 Å². The first-order chi connectivity index (χ1) is 11.2. The molecule has 0 amide bonds. The minimum atomic E-state index is -0.119. The molecule has 2 aromatic rings. The Kier molecular flexibility index (Phi) is 6.03. The van der Waals surface area contributed by atoms with E-state index in [1.807, 2.05) is 32.0 Å². The molecule has 0 bridgehead atoms. The van der Waals surface area contributed by atoms with E-state index in [2.05, 4.69) is 0 Å². The van der Waals surface area contributed by atoms with Gasteiger partial charge >= 0.3 is 0 Å². The number of rotatable bonds is 8. The Hall–Kier alpha value is -2.49. The van der Waals surface area contributed by atoms with Crippen molar-refractivity contribution in [2.75, 3.05) is 18.9 Å². The zero-order valence-corrected chi connectivity index (χ0v) is 13.7. The average Bonchev–Trinajstić information content (AvgIpc) is 2.59. The highest BCUT2D eigenvalue weighted by atomic mass is 16.5. The summed E-state index contributed by atoms with van der Waals surface area (Å²) in [5.41, 5.74) is 7.51. The van der Waals surface area contributed by atoms with Crippen molar-refractivity contribution >= 4 is 11.5 Å². The van der Waals surface area contributed by atoms with Crippen molar-refractivity contribution in [2.45, 2.75) is 26.7 Å². The van der Waals surface area contributed by atoms with Crippen LogP contribution >= 0.6 is 0 Å². The van der Waals surface area contributed by atoms with Crippen molar-refractivity contribution in [1.29, 1.82) is 0 Å². The van der Waals surface area contributed by atoms with Gasteiger partial charge in [0, 0.05) is 22.9 Å². The molecule has 0 aliphatic heterocycles. The maximum Gasteiger partial charge on any atom is 0.195 e. The standard InChI is InChI=1S/C19H23NO3/c1-3-10-22-17-12-15(16(20)13-18(17)23-11-4-2)19(21)14-8-6-5-7-9-14/h5-9,12-13H,3-4,10-11,20H2,1-2H3. The molecule has 0 unspecified atom stereocenters. The van der Waals surface area contributed by atoms with E-state index < -0.39 is 0 Å². The maximum atomic E-state index is 12.6. The summed E-state index contributed by atoms with van der Waals surface area (Å²) < 4.78 is 11.4. The molecule has 4 heteroatoms. The number of nitrogens with two attached hydrogens (primary N) is 1. The van der Waals surface area contributed by atoms with E-state index in [1.54, 1.807) is 24.3 Å². The van der Waals surface area contributed by atoms with Gasteiger partial charge < -0.3 is 15.2 Å². The van der Waals surface area contributed by atoms with Crippen LogP contribution in [0.2, 0.25) is 0 Å². The molecular weight excluding hydrogens is 290 g/mol. The number of ketones is 1. The second-order valence-corrected chi connectivity index (χ2v) is 5.28. The van der Waals surface area contributed by atoms with E-state index in [0.717, 1.165) is 12.8 Å². The van der Waals surface area contributed by atoms with Gasteiger partial charge in [-0.1, -0.05) is 44.2 Å². The predicted octanol–water partition coefficient (Wildman–Crippen LogP) is 4.08. The Morgan fingerprint density at radius 3 is 2.09 bits per heavy atom. The number of hydrogen-bond acceptors (Lipinski definition) is 4. The third-order valence-corrected chi connectivity index (χ3v) is 3.32. The number of carbonyl (C=O) groups excluding carboxylic acids is 1. The minimum Gasteiger partial charge on any atom is -0.490 e. The third-order valence-electron chi connectivity index (χ3n) is 3.32. The van der Waals surface area contributed by atoms with Crippen molar-refractivity contribution in [3.05, 3.63) is 53.6 Å². The quantitative estimate of drug-likeness (QED) is 0.589. The monoisotopic (exact) mass is 313 g/mol. The van der Waals surface area contributed by atoms with E-state index in [9.17, 15) is 4.79 Å². The number of hydrogen-bond donors (Lipinski definition) is 1. The van der Waals surface area contributed by atoms with Gasteiger partial charge in [0.25, 0.3) is 0 Å². The van der Waals surface area contributed by atoms with Crippen LogP contribution < -0.4 is 15.2 Å². The van der Waals surface area contributed by atoms with Gasteiger partial charge in [0.1, 0.15) is 0 Å². The molecule has 0 aliphatic rings. The second-order valence-electron chi connectivity index (χ2n) is 5.28. The van der Waals surface area contributed by atoms with Crippen molar-refractivity contribution in [2.24, 2.45) is 0 Å². The largest absolute Gasteiger partial charge is 0.490 e. The summed E-state index contributed by atoms with van der Waals surface area (Å²) in [7, 11) is 0. The number of benzene rings is 2. The van der Waals surface area contributed by atoms with Gasteiger partial charge in [0.05, 0.1) is 13.2 Å². The number of ether oxygens (including phenoxy) is 2. The van der Waals surface area contributed by atoms with Crippen LogP contribution in [0.15, 0.2) is 42.5 Å². The molecule has 0 atom stereocenters. The van der Waals surface area contributed by atoms with Crippen LogP contribution in [0.4, 0.5) is 5.69 Å². The van der Waals surface area contributed by atoms with Crippen LogP contribution in [0.25, 0.3) is 0 Å². The molecule has 0 fully saturated rings. The molecule has 23 heavy (non-hydrogen) atoms. The van der Waals surface area contributed by atoms with Crippen LogP contribution in [0.1, 0.15) is 42.6 Å². The van der Waals surface area contributed by atoms with Crippen molar-refractivity contribution in [1.82, 2.24) is 0 Å². The Labute approximate surface area is 137 Å². The molecule has 0 spiro atoms. The van der Waals surface area contributed by atoms with Gasteiger partial charge in [0.15, 0.2) is 17.3 Å². The average molecular weight is 313 g/mol. The van der Waals surface area contributed by atoms with Crippen molar-refractivity contribution < 1.29 is 14.3 Å². The van der Waals surface area contributed by atoms with Crippen LogP contribution in [0, 0.1) is 0 Å². The first-order valence-electron chi connectivity index (χ1n) is 7.96. The summed E-state index contributed by atoms with van der Waals surface area (Å²) in [5.74, 6) is 1.03. The van der Waals surface area contributed by atoms with Gasteiger partial charge in [-0.15, -0.1) is 0 Å². The van der Waals surface area contributed by atoms with E-state index in [1.165, 1.54) is 0 Å². The summed E-state index contributed by atoms with van der Waals surface area (Å²) in [6.07, 6.45) is 1.76. The first kappa shape index (κ1) is 16.9. The van der Waals surface area contributed by atoms with Crippen molar-refractivity contribution in [3.8, 4) is 11.5 Å². The fourth-order valence-corrected chi connectivity index (χ4v) is 2.17. The molecule has 122 valence electrons. The zero-order chi connectivity index (χ0) is 16.7. The zero-order valence-electron chi connectivity index (χ0n) is 13.7. The summed E-state index contributed by atoms with van der Waals surface area (Å²) >= 11 is 0. The Bertz CT molecular complexity index is 653. The number of anilines is 1. The van der Waals surface area contributed by atoms with E-state index in [-0.39, 0.29) is 5.78 Å². The third kappa shape index (κ3) is 4.25. The molecule has 4 nitrogen and oxygen atoms in total. The lowest BCUT2D eigenvalue weighted by atomic mass is 10.0. The van der Waals surface area contributed by atoms with Gasteiger partial charge in [0.2, 0.25) is 0 Å². The highest BCUT2D eigenvalue weighted by molar-refractivity contribution is 6.12. The van der Waals surface area contributed by atoms with Gasteiger partial charge in [-0.2, -0.15) is 0 Å². The van der Waals surface area contributed by atoms with Crippen LogP contribution in [0.3, 0.4) is 0 Å². The predicted molar refractivity (Wildman–Crippen MR) is 92.3 cm³/mol. The fourth-order valence-electron chi connectivity index (χ4n) is 2.17. The summed E-state index contributed by atoms with van der Waals surface area (Å²) in [4.78, 5) is 12.6. The summed E-state index contributed by atoms with van der Waals surface area (Å²) in [6.45, 7) is 5.20. The molecule has 2 N–H and O–H groups in total. The van der Waals surface area contributed by atoms with Crippen LogP contribution in [-0.2, 0) is 0 Å². The van der Waals surface area contributed by atoms with E-state index >= 15 is 0 Å². The lowest BCUT2D eigenvalue weighted by molar-refractivity contribution is 0.103. The van der Waals surface area contributed by atoms with Crippen LogP contribution in [0.5, 0.6) is 11.5 Å². The molecule has 2 aromatic carbocycles. The number of nitrogen functional groups attached to an aromatic ring is 1. The molecule has 0 heterocycles. The van der Waals surface area contributed by atoms with Gasteiger partial charge in [-0.05, 0) is 18.9 Å². The summed E-state index contributed by atoms with van der Waals surface area (Å²) in [5, 5.41) is 0. The highest BCUT2D eigenvalue weighted by Gasteiger charge is 2.17. The lowest BCUT2D eigenvalue weighted by Gasteiger charge is -2.15. The molecule has 2 rings (SSSR count). The van der Waals surface area contributed by atoms with Crippen LogP contribution in [-0.4, -0.2) is 19.0 Å². The first-order valence-corrected chi connectivity index (χ1v) is 7.96. The summed E-state index contributed by atoms with van der Waals surface area (Å²) in [6, 6.07) is 12.4. The molecule has 0 aliphatic carbocycles. The highest BCUT2D eigenvalue weighted by Crippen LogP contribution is 2.33. The normalized spacial score (nSPS) is 10.3. The molecular formula is C19H23NO3. The maximum absolute atomic E-state index is 12.6. The Morgan fingerprint density at radius 2 is 1.52 bits per heavy atom. The van der Waals surface area contributed by atoms with E-state index in [4.69, 9.17) is 15.2 Å². The van der Waals surface area contributed by atoms with E-state index in [0.29, 0.717) is 41.5 Å². The lowest BCUT2D eigenvalue weighted by Crippen LogP contribution is -2.08. The van der Waals surface area contributed by atoms with Crippen molar-refractivity contribution in [3.63, 3.8) is 0 Å². The smallest absolute Gasteiger partial charge is 0.195 e. The second kappa shape index (κ2) is 8.22. The molecule has 0 saturated heterocycles. The molecule has 0 radical (unpaired) electrons. The number of carbonyl (C=O) groups is 1. The minimum absolute atomic E-state index is 0.119. The molecule has 0 aromatic heterocycles. The molecule has 0 saturated carbocycles. The van der Waals surface area contributed by atoms with Gasteiger partial charge in [-0.25, -0.2) is 0 Å². The topological polar surface area (TPSA) is 61.5 Å². The Balaban J connectivity index is 2.37.